The Morgan fingerprint density at radius 3 is 2.39 bits per heavy atom. The fraction of sp³-hybridized carbons (Fsp3) is 0.333. The molecular formula is C21H24ClFN4O3S. The second-order valence-electron chi connectivity index (χ2n) is 6.76. The van der Waals surface area contributed by atoms with Crippen LogP contribution in [0.3, 0.4) is 0 Å². The molecule has 0 atom stereocenters. The number of nitro benzene ring substituents is 1. The maximum Gasteiger partial charge on any atom is 0.269 e. The zero-order valence-electron chi connectivity index (χ0n) is 17.3. The number of non-ortho nitro benzene ring substituents is 1. The van der Waals surface area contributed by atoms with Gasteiger partial charge in [-0.1, -0.05) is 43.4 Å². The number of carbonyl (C=O) groups excluding carboxylic acids is 1. The summed E-state index contributed by atoms with van der Waals surface area (Å²) in [6.07, 6.45) is 0.0780. The smallest absolute Gasteiger partial charge is 0.269 e. The summed E-state index contributed by atoms with van der Waals surface area (Å²) in [4.78, 5) is 31.7. The monoisotopic (exact) mass is 466 g/mol. The molecule has 10 heteroatoms. The number of anilines is 1. The zero-order chi connectivity index (χ0) is 21.7. The summed E-state index contributed by atoms with van der Waals surface area (Å²) in [6.45, 7) is 6.91. The van der Waals surface area contributed by atoms with Crippen molar-refractivity contribution in [2.45, 2.75) is 20.3 Å². The van der Waals surface area contributed by atoms with Gasteiger partial charge in [-0.15, -0.1) is 12.4 Å². The van der Waals surface area contributed by atoms with E-state index in [2.05, 4.69) is 23.7 Å². The van der Waals surface area contributed by atoms with Crippen LogP contribution in [-0.2, 0) is 11.2 Å². The molecule has 0 bridgehead atoms. The van der Waals surface area contributed by atoms with E-state index in [1.807, 2.05) is 0 Å². The number of para-hydroxylation sites is 1. The van der Waals surface area contributed by atoms with Crippen LogP contribution in [0.2, 0.25) is 0 Å². The molecule has 1 amide bonds. The first-order valence-electron chi connectivity index (χ1n) is 9.74. The quantitative estimate of drug-likeness (QED) is 0.338. The third-order valence-electron chi connectivity index (χ3n) is 4.93. The van der Waals surface area contributed by atoms with Gasteiger partial charge in [-0.05, 0) is 30.8 Å². The lowest BCUT2D eigenvalue weighted by Crippen LogP contribution is -2.39. The van der Waals surface area contributed by atoms with Crippen LogP contribution in [0.4, 0.5) is 15.2 Å². The van der Waals surface area contributed by atoms with E-state index in [-0.39, 0.29) is 35.9 Å². The van der Waals surface area contributed by atoms with Gasteiger partial charge in [-0.3, -0.25) is 19.8 Å². The number of amides is 1. The van der Waals surface area contributed by atoms with Crippen LogP contribution in [0.15, 0.2) is 42.5 Å². The average Bonchev–Trinajstić information content (AvgIpc) is 3.17. The molecule has 0 saturated carbocycles. The number of nitro groups is 1. The number of nitrogens with zero attached hydrogens (tertiary/aromatic N) is 4. The molecule has 31 heavy (non-hydrogen) atoms. The minimum absolute atomic E-state index is 0. The third kappa shape index (κ3) is 5.96. The van der Waals surface area contributed by atoms with Crippen molar-refractivity contribution in [3.05, 3.63) is 64.0 Å². The Hall–Kier alpha value is -2.62. The number of fused-ring (bicyclic) bond motifs is 1. The molecule has 0 fully saturated rings. The van der Waals surface area contributed by atoms with Gasteiger partial charge in [0.2, 0.25) is 5.91 Å². The molecule has 2 aromatic carbocycles. The van der Waals surface area contributed by atoms with E-state index in [9.17, 15) is 19.3 Å². The summed E-state index contributed by atoms with van der Waals surface area (Å²) >= 11 is 1.28. The van der Waals surface area contributed by atoms with E-state index in [4.69, 9.17) is 0 Å². The van der Waals surface area contributed by atoms with Crippen molar-refractivity contribution < 1.29 is 14.1 Å². The largest absolute Gasteiger partial charge is 0.302 e. The van der Waals surface area contributed by atoms with Crippen molar-refractivity contribution in [2.75, 3.05) is 31.1 Å². The van der Waals surface area contributed by atoms with E-state index in [1.165, 1.54) is 29.5 Å². The van der Waals surface area contributed by atoms with Gasteiger partial charge in [0.15, 0.2) is 5.13 Å². The summed E-state index contributed by atoms with van der Waals surface area (Å²) < 4.78 is 14.8. The van der Waals surface area contributed by atoms with Gasteiger partial charge in [-0.2, -0.15) is 0 Å². The highest BCUT2D eigenvalue weighted by atomic mass is 35.5. The van der Waals surface area contributed by atoms with E-state index in [0.29, 0.717) is 28.5 Å². The molecule has 1 aromatic heterocycles. The first-order chi connectivity index (χ1) is 14.4. The minimum atomic E-state index is -0.475. The Morgan fingerprint density at radius 1 is 1.13 bits per heavy atom. The lowest BCUT2D eigenvalue weighted by molar-refractivity contribution is -0.384. The van der Waals surface area contributed by atoms with Crippen molar-refractivity contribution in [3.63, 3.8) is 0 Å². The standard InChI is InChI=1S/C21H23FN4O3S.ClH/c1-3-24(4-2)12-13-25(21-23-20-17(22)6-5-7-18(20)30-21)19(27)14-15-8-10-16(11-9-15)26(28)29;/h5-11H,3-4,12-14H2,1-2H3;1H. The Labute approximate surface area is 190 Å². The molecule has 0 aliphatic carbocycles. The number of aromatic nitrogens is 1. The van der Waals surface area contributed by atoms with Gasteiger partial charge in [-0.25, -0.2) is 9.37 Å². The molecule has 0 N–H and O–H groups in total. The molecular weight excluding hydrogens is 443 g/mol. The summed E-state index contributed by atoms with van der Waals surface area (Å²) in [7, 11) is 0. The highest BCUT2D eigenvalue weighted by Gasteiger charge is 2.22. The Morgan fingerprint density at radius 2 is 1.81 bits per heavy atom. The van der Waals surface area contributed by atoms with E-state index < -0.39 is 10.7 Å². The minimum Gasteiger partial charge on any atom is -0.302 e. The van der Waals surface area contributed by atoms with Crippen LogP contribution in [0.1, 0.15) is 19.4 Å². The molecule has 0 spiro atoms. The summed E-state index contributed by atoms with van der Waals surface area (Å²) in [5.74, 6) is -0.600. The molecule has 0 unspecified atom stereocenters. The van der Waals surface area contributed by atoms with Gasteiger partial charge in [0.05, 0.1) is 16.0 Å². The SMILES string of the molecule is CCN(CC)CCN(C(=O)Cc1ccc([N+](=O)[O-])cc1)c1nc2c(F)cccc2s1.Cl. The van der Waals surface area contributed by atoms with Crippen LogP contribution in [-0.4, -0.2) is 46.9 Å². The normalized spacial score (nSPS) is 10.8. The topological polar surface area (TPSA) is 79.6 Å². The van der Waals surface area contributed by atoms with Gasteiger partial charge < -0.3 is 4.90 Å². The Kier molecular flexibility index (Phi) is 8.85. The summed E-state index contributed by atoms with van der Waals surface area (Å²) in [5, 5.41) is 11.3. The molecule has 3 rings (SSSR count). The highest BCUT2D eigenvalue weighted by Crippen LogP contribution is 2.30. The number of carbonyl (C=O) groups is 1. The van der Waals surface area contributed by atoms with Gasteiger partial charge in [0.25, 0.3) is 5.69 Å². The fourth-order valence-electron chi connectivity index (χ4n) is 3.13. The summed E-state index contributed by atoms with van der Waals surface area (Å²) in [6, 6.07) is 10.7. The maximum atomic E-state index is 14.1. The van der Waals surface area contributed by atoms with Crippen molar-refractivity contribution in [2.24, 2.45) is 0 Å². The molecule has 3 aromatic rings. The second kappa shape index (κ2) is 11.1. The zero-order valence-corrected chi connectivity index (χ0v) is 18.9. The van der Waals surface area contributed by atoms with Crippen molar-refractivity contribution >= 4 is 50.7 Å². The van der Waals surface area contributed by atoms with Gasteiger partial charge in [0, 0.05) is 25.2 Å². The number of rotatable bonds is 9. The first kappa shape index (κ1) is 24.6. The maximum absolute atomic E-state index is 14.1. The molecule has 0 aliphatic rings. The van der Waals surface area contributed by atoms with E-state index in [1.54, 1.807) is 29.2 Å². The third-order valence-corrected chi connectivity index (χ3v) is 5.97. The van der Waals surface area contributed by atoms with Crippen LogP contribution < -0.4 is 4.90 Å². The van der Waals surface area contributed by atoms with E-state index >= 15 is 0 Å². The molecule has 0 radical (unpaired) electrons. The molecule has 1 heterocycles. The number of hydrogen-bond acceptors (Lipinski definition) is 6. The van der Waals surface area contributed by atoms with Crippen LogP contribution in [0.25, 0.3) is 10.2 Å². The number of hydrogen-bond donors (Lipinski definition) is 0. The predicted octanol–water partition coefficient (Wildman–Crippen LogP) is 4.68. The van der Waals surface area contributed by atoms with Crippen molar-refractivity contribution in [1.29, 1.82) is 0 Å². The van der Waals surface area contributed by atoms with Crippen molar-refractivity contribution in [3.8, 4) is 0 Å². The number of likely N-dealkylation sites (N-methyl/N-ethyl adjacent to an activating group) is 1. The number of benzene rings is 2. The van der Waals surface area contributed by atoms with Gasteiger partial charge >= 0.3 is 0 Å². The number of halogens is 2. The Bertz CT molecular complexity index is 1040. The van der Waals surface area contributed by atoms with E-state index in [0.717, 1.165) is 13.1 Å². The van der Waals surface area contributed by atoms with Crippen LogP contribution >= 0.6 is 23.7 Å². The first-order valence-corrected chi connectivity index (χ1v) is 10.6. The second-order valence-corrected chi connectivity index (χ2v) is 7.76. The number of thiazole rings is 1. The van der Waals surface area contributed by atoms with Crippen LogP contribution in [0.5, 0.6) is 0 Å². The van der Waals surface area contributed by atoms with Crippen LogP contribution in [0, 0.1) is 15.9 Å². The fourth-order valence-corrected chi connectivity index (χ4v) is 4.16. The predicted molar refractivity (Wildman–Crippen MR) is 124 cm³/mol. The van der Waals surface area contributed by atoms with Gasteiger partial charge in [0.1, 0.15) is 11.3 Å². The molecule has 0 aliphatic heterocycles. The average molecular weight is 467 g/mol. The summed E-state index contributed by atoms with van der Waals surface area (Å²) in [5.41, 5.74) is 0.908. The molecule has 7 nitrogen and oxygen atoms in total. The lowest BCUT2D eigenvalue weighted by atomic mass is 10.1. The molecule has 0 saturated heterocycles. The van der Waals surface area contributed by atoms with Crippen molar-refractivity contribution in [1.82, 2.24) is 9.88 Å². The highest BCUT2D eigenvalue weighted by molar-refractivity contribution is 7.22. The lowest BCUT2D eigenvalue weighted by Gasteiger charge is -2.24. The molecule has 166 valence electrons. The Balaban J connectivity index is 0.00000341.